The molecular weight excluding hydrogens is 262 g/mol. The second kappa shape index (κ2) is 4.70. The minimum absolute atomic E-state index is 0.231. The lowest BCUT2D eigenvalue weighted by Gasteiger charge is -2.07. The van der Waals surface area contributed by atoms with Crippen LogP contribution in [-0.4, -0.2) is 24.4 Å². The second-order valence-electron chi connectivity index (χ2n) is 4.87. The van der Waals surface area contributed by atoms with Crippen LogP contribution < -0.4 is 4.72 Å². The van der Waals surface area contributed by atoms with Crippen molar-refractivity contribution in [3.63, 3.8) is 0 Å². The third-order valence-electron chi connectivity index (χ3n) is 3.12. The standard InChI is InChI=1S/C13H15N3O2S/c17-19(18,9-10-1-2-10)16-12-5-3-11(4-6-12)13-7-8-14-15-13/h3-8,10,16H,1-2,9H2,(H,14,15). The summed E-state index contributed by atoms with van der Waals surface area (Å²) in [5.41, 5.74) is 2.49. The number of aromatic amines is 1. The first-order valence-corrected chi connectivity index (χ1v) is 7.88. The van der Waals surface area contributed by atoms with E-state index in [0.29, 0.717) is 11.6 Å². The third kappa shape index (κ3) is 3.14. The summed E-state index contributed by atoms with van der Waals surface area (Å²) < 4.78 is 26.3. The van der Waals surface area contributed by atoms with Gasteiger partial charge in [-0.05, 0) is 42.5 Å². The van der Waals surface area contributed by atoms with Crippen LogP contribution in [0.25, 0.3) is 11.3 Å². The molecule has 0 unspecified atom stereocenters. The lowest BCUT2D eigenvalue weighted by Crippen LogP contribution is -2.17. The summed E-state index contributed by atoms with van der Waals surface area (Å²) >= 11 is 0. The molecule has 0 radical (unpaired) electrons. The smallest absolute Gasteiger partial charge is 0.232 e. The molecule has 0 aliphatic heterocycles. The van der Waals surface area contributed by atoms with Crippen LogP contribution in [0.2, 0.25) is 0 Å². The van der Waals surface area contributed by atoms with Crippen molar-refractivity contribution in [3.05, 3.63) is 36.5 Å². The number of benzene rings is 1. The fraction of sp³-hybridized carbons (Fsp3) is 0.308. The van der Waals surface area contributed by atoms with Gasteiger partial charge in [0.2, 0.25) is 10.0 Å². The van der Waals surface area contributed by atoms with Crippen molar-refractivity contribution in [2.24, 2.45) is 5.92 Å². The number of rotatable bonds is 5. The molecule has 1 heterocycles. The van der Waals surface area contributed by atoms with E-state index in [9.17, 15) is 8.42 Å². The van der Waals surface area contributed by atoms with E-state index in [-0.39, 0.29) is 5.75 Å². The number of nitrogens with one attached hydrogen (secondary N) is 2. The summed E-state index contributed by atoms with van der Waals surface area (Å²) in [6.45, 7) is 0. The molecule has 6 heteroatoms. The zero-order valence-corrected chi connectivity index (χ0v) is 11.2. The lowest BCUT2D eigenvalue weighted by atomic mass is 10.1. The zero-order chi connectivity index (χ0) is 13.3. The van der Waals surface area contributed by atoms with Crippen molar-refractivity contribution in [1.29, 1.82) is 0 Å². The maximum Gasteiger partial charge on any atom is 0.232 e. The fourth-order valence-electron chi connectivity index (χ4n) is 1.95. The number of H-pyrrole nitrogens is 1. The number of nitrogens with zero attached hydrogens (tertiary/aromatic N) is 1. The van der Waals surface area contributed by atoms with Gasteiger partial charge in [0, 0.05) is 11.9 Å². The Morgan fingerprint density at radius 1 is 1.21 bits per heavy atom. The third-order valence-corrected chi connectivity index (χ3v) is 4.58. The summed E-state index contributed by atoms with van der Waals surface area (Å²) in [7, 11) is -3.21. The summed E-state index contributed by atoms with van der Waals surface area (Å²) in [4.78, 5) is 0. The van der Waals surface area contributed by atoms with Crippen molar-refractivity contribution in [2.75, 3.05) is 10.5 Å². The molecule has 2 N–H and O–H groups in total. The van der Waals surface area contributed by atoms with Crippen LogP contribution in [-0.2, 0) is 10.0 Å². The first-order chi connectivity index (χ1) is 9.12. The van der Waals surface area contributed by atoms with Gasteiger partial charge in [-0.15, -0.1) is 0 Å². The normalized spacial score (nSPS) is 15.4. The molecule has 0 bridgehead atoms. The average molecular weight is 277 g/mol. The molecule has 5 nitrogen and oxygen atoms in total. The molecule has 0 atom stereocenters. The van der Waals surface area contributed by atoms with Gasteiger partial charge >= 0.3 is 0 Å². The number of hydrogen-bond donors (Lipinski definition) is 2. The lowest BCUT2D eigenvalue weighted by molar-refractivity contribution is 0.597. The molecule has 19 heavy (non-hydrogen) atoms. The molecule has 1 aromatic carbocycles. The summed E-state index contributed by atoms with van der Waals surface area (Å²) in [6.07, 6.45) is 3.74. The topological polar surface area (TPSA) is 74.8 Å². The Kier molecular flexibility index (Phi) is 3.02. The van der Waals surface area contributed by atoms with E-state index in [1.54, 1.807) is 18.3 Å². The molecule has 1 saturated carbocycles. The Morgan fingerprint density at radius 2 is 1.95 bits per heavy atom. The van der Waals surface area contributed by atoms with E-state index < -0.39 is 10.0 Å². The van der Waals surface area contributed by atoms with Crippen LogP contribution in [0.3, 0.4) is 0 Å². The molecule has 0 amide bonds. The van der Waals surface area contributed by atoms with E-state index in [0.717, 1.165) is 24.1 Å². The maximum atomic E-state index is 11.8. The van der Waals surface area contributed by atoms with Crippen LogP contribution in [0.1, 0.15) is 12.8 Å². The SMILES string of the molecule is O=S(=O)(CC1CC1)Nc1ccc(-c2ccn[nH]2)cc1. The van der Waals surface area contributed by atoms with E-state index in [4.69, 9.17) is 0 Å². The second-order valence-corrected chi connectivity index (χ2v) is 6.64. The number of hydrogen-bond acceptors (Lipinski definition) is 3. The quantitative estimate of drug-likeness (QED) is 0.880. The van der Waals surface area contributed by atoms with Gasteiger partial charge in [-0.1, -0.05) is 12.1 Å². The summed E-state index contributed by atoms with van der Waals surface area (Å²) in [5.74, 6) is 0.580. The van der Waals surface area contributed by atoms with Crippen LogP contribution in [0.15, 0.2) is 36.5 Å². The van der Waals surface area contributed by atoms with Crippen molar-refractivity contribution < 1.29 is 8.42 Å². The molecule has 1 aliphatic carbocycles. The fourth-order valence-corrected chi connectivity index (χ4v) is 3.48. The molecule has 0 spiro atoms. The molecule has 1 aromatic heterocycles. The first kappa shape index (κ1) is 12.2. The molecular formula is C13H15N3O2S. The molecule has 2 aromatic rings. The Labute approximate surface area is 112 Å². The predicted molar refractivity (Wildman–Crippen MR) is 74.2 cm³/mol. The highest BCUT2D eigenvalue weighted by molar-refractivity contribution is 7.92. The van der Waals surface area contributed by atoms with Gasteiger partial charge in [0.25, 0.3) is 0 Å². The monoisotopic (exact) mass is 277 g/mol. The zero-order valence-electron chi connectivity index (χ0n) is 10.3. The predicted octanol–water partition coefficient (Wildman–Crippen LogP) is 2.23. The van der Waals surface area contributed by atoms with Crippen molar-refractivity contribution in [3.8, 4) is 11.3 Å². The van der Waals surface area contributed by atoms with E-state index in [1.807, 2.05) is 18.2 Å². The van der Waals surface area contributed by atoms with E-state index >= 15 is 0 Å². The Bertz CT molecular complexity index is 644. The molecule has 1 fully saturated rings. The van der Waals surface area contributed by atoms with Crippen LogP contribution in [0.4, 0.5) is 5.69 Å². The van der Waals surface area contributed by atoms with E-state index in [2.05, 4.69) is 14.9 Å². The summed E-state index contributed by atoms with van der Waals surface area (Å²) in [5, 5.41) is 6.75. The van der Waals surface area contributed by atoms with Crippen molar-refractivity contribution in [1.82, 2.24) is 10.2 Å². The van der Waals surface area contributed by atoms with Gasteiger partial charge in [-0.3, -0.25) is 9.82 Å². The highest BCUT2D eigenvalue weighted by atomic mass is 32.2. The number of aromatic nitrogens is 2. The maximum absolute atomic E-state index is 11.8. The first-order valence-electron chi connectivity index (χ1n) is 6.23. The summed E-state index contributed by atoms with van der Waals surface area (Å²) in [6, 6.07) is 9.12. The van der Waals surface area contributed by atoms with Gasteiger partial charge in [0.05, 0.1) is 11.4 Å². The average Bonchev–Trinajstić information content (AvgIpc) is 3.00. The molecule has 3 rings (SSSR count). The minimum atomic E-state index is -3.21. The van der Waals surface area contributed by atoms with Gasteiger partial charge in [-0.2, -0.15) is 5.10 Å². The Balaban J connectivity index is 1.72. The molecule has 0 saturated heterocycles. The molecule has 1 aliphatic rings. The van der Waals surface area contributed by atoms with Gasteiger partial charge in [0.15, 0.2) is 0 Å². The minimum Gasteiger partial charge on any atom is -0.284 e. The number of anilines is 1. The van der Waals surface area contributed by atoms with Crippen LogP contribution >= 0.6 is 0 Å². The van der Waals surface area contributed by atoms with Crippen molar-refractivity contribution in [2.45, 2.75) is 12.8 Å². The highest BCUT2D eigenvalue weighted by Gasteiger charge is 2.27. The highest BCUT2D eigenvalue weighted by Crippen LogP contribution is 2.30. The van der Waals surface area contributed by atoms with Crippen molar-refractivity contribution >= 4 is 15.7 Å². The Hall–Kier alpha value is -1.82. The van der Waals surface area contributed by atoms with Crippen LogP contribution in [0.5, 0.6) is 0 Å². The Morgan fingerprint density at radius 3 is 2.53 bits per heavy atom. The van der Waals surface area contributed by atoms with Crippen LogP contribution in [0, 0.1) is 5.92 Å². The van der Waals surface area contributed by atoms with Gasteiger partial charge in [0.1, 0.15) is 0 Å². The van der Waals surface area contributed by atoms with E-state index in [1.165, 1.54) is 0 Å². The largest absolute Gasteiger partial charge is 0.284 e. The number of sulfonamides is 1. The van der Waals surface area contributed by atoms with Gasteiger partial charge in [-0.25, -0.2) is 8.42 Å². The van der Waals surface area contributed by atoms with Gasteiger partial charge < -0.3 is 0 Å². The molecule has 100 valence electrons.